The van der Waals surface area contributed by atoms with Gasteiger partial charge in [-0.1, -0.05) is 41.9 Å². The molecule has 1 amide bonds. The van der Waals surface area contributed by atoms with Gasteiger partial charge in [-0.3, -0.25) is 9.89 Å². The fourth-order valence-corrected chi connectivity index (χ4v) is 4.03. The van der Waals surface area contributed by atoms with E-state index in [9.17, 15) is 9.18 Å². The van der Waals surface area contributed by atoms with E-state index in [1.807, 2.05) is 24.3 Å². The fourth-order valence-electron chi connectivity index (χ4n) is 3.35. The molecule has 1 atom stereocenters. The van der Waals surface area contributed by atoms with Gasteiger partial charge in [-0.2, -0.15) is 5.10 Å². The van der Waals surface area contributed by atoms with Crippen molar-refractivity contribution in [1.29, 1.82) is 0 Å². The van der Waals surface area contributed by atoms with Crippen molar-refractivity contribution >= 4 is 57.2 Å². The number of hydrogen-bond donors (Lipinski definition) is 3. The average Bonchev–Trinajstić information content (AvgIpc) is 3.19. The molecule has 0 saturated heterocycles. The molecule has 1 heterocycles. The highest BCUT2D eigenvalue weighted by atomic mass is 35.5. The number of aromatic nitrogens is 2. The summed E-state index contributed by atoms with van der Waals surface area (Å²) in [6, 6.07) is 15.3. The first-order valence-corrected chi connectivity index (χ1v) is 10.7. The first-order chi connectivity index (χ1) is 15.9. The number of amides is 1. The number of para-hydroxylation sites is 2. The van der Waals surface area contributed by atoms with Crippen molar-refractivity contribution in [1.82, 2.24) is 10.2 Å². The van der Waals surface area contributed by atoms with Crippen LogP contribution in [0.1, 0.15) is 18.6 Å². The Morgan fingerprint density at radius 3 is 2.70 bits per heavy atom. The SMILES string of the molecule is C=CC(=O)Nc1ccccc1Nc1n[nH]c2ccc(OC(C)c3c(Cl)ccc(F)c3Cl)cc12. The summed E-state index contributed by atoms with van der Waals surface area (Å²) in [6.07, 6.45) is 0.596. The van der Waals surface area contributed by atoms with E-state index < -0.39 is 11.9 Å². The number of rotatable bonds is 7. The number of hydrogen-bond acceptors (Lipinski definition) is 4. The topological polar surface area (TPSA) is 79.0 Å². The molecular weight excluding hydrogens is 466 g/mol. The number of carbonyl (C=O) groups is 1. The van der Waals surface area contributed by atoms with E-state index in [-0.39, 0.29) is 10.9 Å². The molecule has 0 radical (unpaired) electrons. The Bertz CT molecular complexity index is 1360. The summed E-state index contributed by atoms with van der Waals surface area (Å²) in [5.41, 5.74) is 2.37. The Morgan fingerprint density at radius 2 is 1.94 bits per heavy atom. The van der Waals surface area contributed by atoms with Gasteiger partial charge in [0.05, 0.1) is 21.9 Å². The third kappa shape index (κ3) is 4.79. The van der Waals surface area contributed by atoms with Crippen molar-refractivity contribution in [2.24, 2.45) is 0 Å². The second-order valence-electron chi connectivity index (χ2n) is 7.16. The summed E-state index contributed by atoms with van der Waals surface area (Å²) >= 11 is 12.3. The molecule has 0 spiro atoms. The minimum absolute atomic E-state index is 0.0695. The van der Waals surface area contributed by atoms with Crippen LogP contribution in [0.2, 0.25) is 10.0 Å². The zero-order valence-electron chi connectivity index (χ0n) is 17.5. The van der Waals surface area contributed by atoms with Crippen molar-refractivity contribution in [3.63, 3.8) is 0 Å². The number of anilines is 3. The summed E-state index contributed by atoms with van der Waals surface area (Å²) in [5, 5.41) is 14.3. The Balaban J connectivity index is 1.62. The second-order valence-corrected chi connectivity index (χ2v) is 7.95. The third-order valence-corrected chi connectivity index (χ3v) is 5.67. The quantitative estimate of drug-likeness (QED) is 0.194. The predicted molar refractivity (Wildman–Crippen MR) is 130 cm³/mol. The van der Waals surface area contributed by atoms with Gasteiger partial charge in [0.2, 0.25) is 5.91 Å². The van der Waals surface area contributed by atoms with Gasteiger partial charge in [-0.15, -0.1) is 0 Å². The largest absolute Gasteiger partial charge is 0.486 e. The minimum Gasteiger partial charge on any atom is -0.486 e. The molecule has 0 fully saturated rings. The Morgan fingerprint density at radius 1 is 1.18 bits per heavy atom. The molecule has 9 heteroatoms. The number of benzene rings is 3. The molecular formula is C24H19Cl2FN4O2. The molecule has 0 aliphatic heterocycles. The Kier molecular flexibility index (Phi) is 6.53. The van der Waals surface area contributed by atoms with E-state index in [0.29, 0.717) is 33.5 Å². The van der Waals surface area contributed by atoms with Gasteiger partial charge < -0.3 is 15.4 Å². The molecule has 6 nitrogen and oxygen atoms in total. The van der Waals surface area contributed by atoms with Crippen LogP contribution in [0.5, 0.6) is 5.75 Å². The predicted octanol–water partition coefficient (Wildman–Crippen LogP) is 7.02. The lowest BCUT2D eigenvalue weighted by molar-refractivity contribution is -0.111. The second kappa shape index (κ2) is 9.52. The maximum absolute atomic E-state index is 13.9. The number of H-pyrrole nitrogens is 1. The lowest BCUT2D eigenvalue weighted by Crippen LogP contribution is -2.09. The van der Waals surface area contributed by atoms with Gasteiger partial charge in [0, 0.05) is 16.0 Å². The van der Waals surface area contributed by atoms with Crippen LogP contribution < -0.4 is 15.4 Å². The van der Waals surface area contributed by atoms with Crippen LogP contribution in [0.4, 0.5) is 21.6 Å². The van der Waals surface area contributed by atoms with Crippen molar-refractivity contribution in [2.45, 2.75) is 13.0 Å². The van der Waals surface area contributed by atoms with Crippen LogP contribution in [0.3, 0.4) is 0 Å². The molecule has 168 valence electrons. The summed E-state index contributed by atoms with van der Waals surface area (Å²) in [6.45, 7) is 5.21. The van der Waals surface area contributed by atoms with Gasteiger partial charge in [-0.05, 0) is 55.5 Å². The van der Waals surface area contributed by atoms with Gasteiger partial charge in [0.15, 0.2) is 5.82 Å². The zero-order chi connectivity index (χ0) is 23.5. The van der Waals surface area contributed by atoms with Crippen LogP contribution in [0.25, 0.3) is 10.9 Å². The molecule has 4 aromatic rings. The minimum atomic E-state index is -0.601. The monoisotopic (exact) mass is 484 g/mol. The van der Waals surface area contributed by atoms with Crippen molar-refractivity contribution in [3.8, 4) is 5.75 Å². The van der Waals surface area contributed by atoms with Crippen LogP contribution in [-0.4, -0.2) is 16.1 Å². The van der Waals surface area contributed by atoms with Crippen LogP contribution in [0.15, 0.2) is 67.3 Å². The van der Waals surface area contributed by atoms with Crippen molar-refractivity contribution in [3.05, 3.63) is 88.7 Å². The van der Waals surface area contributed by atoms with Crippen LogP contribution in [0, 0.1) is 5.82 Å². The first-order valence-electron chi connectivity index (χ1n) is 9.95. The molecule has 1 unspecified atom stereocenters. The molecule has 3 N–H and O–H groups in total. The number of fused-ring (bicyclic) bond motifs is 1. The summed E-state index contributed by atoms with van der Waals surface area (Å²) in [4.78, 5) is 11.7. The Hall–Kier alpha value is -3.55. The highest BCUT2D eigenvalue weighted by Crippen LogP contribution is 2.36. The number of carbonyl (C=O) groups excluding carboxylic acids is 1. The lowest BCUT2D eigenvalue weighted by Gasteiger charge is -2.18. The smallest absolute Gasteiger partial charge is 0.247 e. The molecule has 0 aliphatic rings. The molecule has 3 aromatic carbocycles. The van der Waals surface area contributed by atoms with E-state index in [4.69, 9.17) is 27.9 Å². The van der Waals surface area contributed by atoms with Gasteiger partial charge in [0.1, 0.15) is 17.7 Å². The molecule has 33 heavy (non-hydrogen) atoms. The summed E-state index contributed by atoms with van der Waals surface area (Å²) in [5.74, 6) is 0.162. The zero-order valence-corrected chi connectivity index (χ0v) is 19.0. The molecule has 1 aromatic heterocycles. The van der Waals surface area contributed by atoms with Gasteiger partial charge >= 0.3 is 0 Å². The molecule has 0 aliphatic carbocycles. The molecule has 0 saturated carbocycles. The standard InChI is InChI=1S/C24H19Cl2FN4O2/c1-3-21(32)28-19-6-4-5-7-20(19)29-24-15-12-14(8-11-18(15)30-31-24)33-13(2)22-16(25)9-10-17(27)23(22)26/h3-13H,1H2,2H3,(H,28,32)(H2,29,30,31). The van der Waals surface area contributed by atoms with Crippen LogP contribution >= 0.6 is 23.2 Å². The van der Waals surface area contributed by atoms with Crippen molar-refractivity contribution < 1.29 is 13.9 Å². The van der Waals surface area contributed by atoms with E-state index in [1.54, 1.807) is 25.1 Å². The van der Waals surface area contributed by atoms with Crippen LogP contribution in [-0.2, 0) is 4.79 Å². The van der Waals surface area contributed by atoms with E-state index in [0.717, 1.165) is 10.9 Å². The number of halogens is 3. The molecule has 0 bridgehead atoms. The summed E-state index contributed by atoms with van der Waals surface area (Å²) in [7, 11) is 0. The maximum Gasteiger partial charge on any atom is 0.247 e. The highest BCUT2D eigenvalue weighted by Gasteiger charge is 2.19. The Labute approximate surface area is 199 Å². The lowest BCUT2D eigenvalue weighted by atomic mass is 10.1. The summed E-state index contributed by atoms with van der Waals surface area (Å²) < 4.78 is 19.9. The number of aromatic amines is 1. The normalized spacial score (nSPS) is 11.8. The maximum atomic E-state index is 13.9. The molecule has 4 rings (SSSR count). The number of nitrogens with zero attached hydrogens (tertiary/aromatic N) is 1. The van der Waals surface area contributed by atoms with Gasteiger partial charge in [-0.25, -0.2) is 4.39 Å². The van der Waals surface area contributed by atoms with E-state index in [2.05, 4.69) is 27.4 Å². The fraction of sp³-hybridized carbons (Fsp3) is 0.0833. The number of nitrogens with one attached hydrogen (secondary N) is 3. The van der Waals surface area contributed by atoms with Gasteiger partial charge in [0.25, 0.3) is 0 Å². The third-order valence-electron chi connectivity index (χ3n) is 4.96. The van der Waals surface area contributed by atoms with E-state index >= 15 is 0 Å². The highest BCUT2D eigenvalue weighted by molar-refractivity contribution is 6.36. The van der Waals surface area contributed by atoms with E-state index in [1.165, 1.54) is 18.2 Å². The number of ether oxygens (including phenoxy) is 1. The average molecular weight is 485 g/mol. The first kappa shape index (κ1) is 22.6. The van der Waals surface area contributed by atoms with Crippen molar-refractivity contribution in [2.75, 3.05) is 10.6 Å².